The summed E-state index contributed by atoms with van der Waals surface area (Å²) >= 11 is 0. The molecule has 0 radical (unpaired) electrons. The highest BCUT2D eigenvalue weighted by Gasteiger charge is 2.16. The molecular formula is C18H19ClN4O2. The molecule has 3 heterocycles. The number of fused-ring (bicyclic) bond motifs is 1. The van der Waals surface area contributed by atoms with Crippen LogP contribution in [0.4, 0.5) is 5.82 Å². The van der Waals surface area contributed by atoms with Crippen molar-refractivity contribution in [2.24, 2.45) is 5.92 Å². The van der Waals surface area contributed by atoms with Crippen LogP contribution in [0, 0.1) is 5.92 Å². The van der Waals surface area contributed by atoms with E-state index in [1.807, 2.05) is 30.3 Å². The number of halogens is 1. The number of aromatic nitrogens is 2. The molecule has 3 aromatic rings. The van der Waals surface area contributed by atoms with Crippen molar-refractivity contribution in [3.05, 3.63) is 53.7 Å². The second-order valence-corrected chi connectivity index (χ2v) is 6.10. The van der Waals surface area contributed by atoms with Gasteiger partial charge >= 0.3 is 0 Å². The highest BCUT2D eigenvalue weighted by atomic mass is 35.5. The summed E-state index contributed by atoms with van der Waals surface area (Å²) in [6.07, 6.45) is 3.89. The second-order valence-electron chi connectivity index (χ2n) is 6.10. The summed E-state index contributed by atoms with van der Waals surface area (Å²) in [6, 6.07) is 11.3. The monoisotopic (exact) mass is 358 g/mol. The van der Waals surface area contributed by atoms with E-state index in [1.165, 1.54) is 12.0 Å². The van der Waals surface area contributed by atoms with Gasteiger partial charge in [-0.2, -0.15) is 0 Å². The van der Waals surface area contributed by atoms with Gasteiger partial charge in [-0.3, -0.25) is 4.79 Å². The van der Waals surface area contributed by atoms with Crippen LogP contribution < -0.4 is 10.6 Å². The van der Waals surface area contributed by atoms with E-state index in [0.717, 1.165) is 19.5 Å². The lowest BCUT2D eigenvalue weighted by molar-refractivity contribution is 0.102. The molecule has 130 valence electrons. The molecule has 2 N–H and O–H groups in total. The molecule has 4 rings (SSSR count). The first-order valence-corrected chi connectivity index (χ1v) is 8.11. The standard InChI is InChI=1S/C18H18N4O2.ClH/c23-17(21-16-15-2-1-8-20-18(15)24-22-16)14-5-3-12(4-6-14)10-13-7-9-19-11-13;/h1-6,8,13,19H,7,9-11H2,(H,21,22,23);1H. The third-order valence-electron chi connectivity index (χ3n) is 4.38. The van der Waals surface area contributed by atoms with Gasteiger partial charge in [0, 0.05) is 11.8 Å². The van der Waals surface area contributed by atoms with E-state index in [9.17, 15) is 4.79 Å². The Morgan fingerprint density at radius 3 is 2.88 bits per heavy atom. The molecular weight excluding hydrogens is 340 g/mol. The van der Waals surface area contributed by atoms with Crippen LogP contribution in [0.1, 0.15) is 22.3 Å². The Balaban J connectivity index is 0.00000182. The Labute approximate surface area is 151 Å². The van der Waals surface area contributed by atoms with Crippen molar-refractivity contribution in [3.8, 4) is 0 Å². The third-order valence-corrected chi connectivity index (χ3v) is 4.38. The average molecular weight is 359 g/mol. The quantitative estimate of drug-likeness (QED) is 0.749. The molecule has 1 fully saturated rings. The Hall–Kier alpha value is -2.44. The minimum absolute atomic E-state index is 0. The number of carbonyl (C=O) groups is 1. The Morgan fingerprint density at radius 2 is 2.12 bits per heavy atom. The summed E-state index contributed by atoms with van der Waals surface area (Å²) in [4.78, 5) is 16.4. The fourth-order valence-electron chi connectivity index (χ4n) is 3.07. The molecule has 0 spiro atoms. The van der Waals surface area contributed by atoms with E-state index in [4.69, 9.17) is 4.52 Å². The molecule has 1 unspecified atom stereocenters. The van der Waals surface area contributed by atoms with Crippen LogP contribution in [0.5, 0.6) is 0 Å². The number of rotatable bonds is 4. The molecule has 1 aliphatic rings. The lowest BCUT2D eigenvalue weighted by Gasteiger charge is -2.09. The topological polar surface area (TPSA) is 80.1 Å². The van der Waals surface area contributed by atoms with Crippen molar-refractivity contribution >= 4 is 35.2 Å². The lowest BCUT2D eigenvalue weighted by atomic mass is 9.98. The maximum atomic E-state index is 12.4. The average Bonchev–Trinajstić information content (AvgIpc) is 3.26. The summed E-state index contributed by atoms with van der Waals surface area (Å²) in [5, 5.41) is 10.7. The second kappa shape index (κ2) is 7.63. The molecule has 25 heavy (non-hydrogen) atoms. The molecule has 2 aromatic heterocycles. The number of hydrogen-bond acceptors (Lipinski definition) is 5. The van der Waals surface area contributed by atoms with Crippen LogP contribution >= 0.6 is 12.4 Å². The minimum atomic E-state index is -0.205. The highest BCUT2D eigenvalue weighted by molar-refractivity contribution is 6.07. The summed E-state index contributed by atoms with van der Waals surface area (Å²) < 4.78 is 5.10. The van der Waals surface area contributed by atoms with Gasteiger partial charge < -0.3 is 15.2 Å². The van der Waals surface area contributed by atoms with E-state index in [-0.39, 0.29) is 18.3 Å². The first-order chi connectivity index (χ1) is 11.8. The lowest BCUT2D eigenvalue weighted by Crippen LogP contribution is -2.13. The van der Waals surface area contributed by atoms with Gasteiger partial charge in [0.25, 0.3) is 11.6 Å². The van der Waals surface area contributed by atoms with Crippen LogP contribution in [-0.2, 0) is 6.42 Å². The zero-order chi connectivity index (χ0) is 16.4. The number of nitrogens with one attached hydrogen (secondary N) is 2. The number of nitrogens with zero attached hydrogens (tertiary/aromatic N) is 2. The van der Waals surface area contributed by atoms with Gasteiger partial charge in [-0.05, 0) is 61.7 Å². The Bertz CT molecular complexity index is 857. The molecule has 1 aliphatic heterocycles. The van der Waals surface area contributed by atoms with E-state index in [2.05, 4.69) is 20.8 Å². The minimum Gasteiger partial charge on any atom is -0.334 e. The first kappa shape index (κ1) is 17.4. The van der Waals surface area contributed by atoms with Crippen molar-refractivity contribution in [3.63, 3.8) is 0 Å². The smallest absolute Gasteiger partial charge is 0.259 e. The molecule has 1 amide bonds. The fourth-order valence-corrected chi connectivity index (χ4v) is 3.07. The number of anilines is 1. The Morgan fingerprint density at radius 1 is 1.28 bits per heavy atom. The molecule has 1 saturated heterocycles. The molecule has 6 nitrogen and oxygen atoms in total. The molecule has 0 aliphatic carbocycles. The summed E-state index contributed by atoms with van der Waals surface area (Å²) in [5.74, 6) is 0.881. The van der Waals surface area contributed by atoms with E-state index >= 15 is 0 Å². The van der Waals surface area contributed by atoms with Gasteiger partial charge in [-0.1, -0.05) is 17.3 Å². The molecule has 1 atom stereocenters. The van der Waals surface area contributed by atoms with E-state index in [1.54, 1.807) is 12.3 Å². The van der Waals surface area contributed by atoms with Crippen molar-refractivity contribution in [1.82, 2.24) is 15.5 Å². The number of amides is 1. The summed E-state index contributed by atoms with van der Waals surface area (Å²) in [6.45, 7) is 2.18. The molecule has 0 saturated carbocycles. The molecule has 0 bridgehead atoms. The number of benzene rings is 1. The highest BCUT2D eigenvalue weighted by Crippen LogP contribution is 2.21. The van der Waals surface area contributed by atoms with Gasteiger partial charge in [-0.25, -0.2) is 4.98 Å². The van der Waals surface area contributed by atoms with Crippen LogP contribution in [-0.4, -0.2) is 29.1 Å². The van der Waals surface area contributed by atoms with Crippen molar-refractivity contribution in [2.75, 3.05) is 18.4 Å². The zero-order valence-corrected chi connectivity index (χ0v) is 14.4. The number of pyridine rings is 1. The third kappa shape index (κ3) is 3.81. The van der Waals surface area contributed by atoms with Gasteiger partial charge in [0.15, 0.2) is 5.82 Å². The van der Waals surface area contributed by atoms with Crippen LogP contribution in [0.3, 0.4) is 0 Å². The van der Waals surface area contributed by atoms with Gasteiger partial charge in [0.1, 0.15) is 0 Å². The van der Waals surface area contributed by atoms with Gasteiger partial charge in [0.05, 0.1) is 5.39 Å². The molecule has 7 heteroatoms. The zero-order valence-electron chi connectivity index (χ0n) is 13.6. The van der Waals surface area contributed by atoms with E-state index < -0.39 is 0 Å². The largest absolute Gasteiger partial charge is 0.334 e. The maximum absolute atomic E-state index is 12.4. The first-order valence-electron chi connectivity index (χ1n) is 8.11. The van der Waals surface area contributed by atoms with Crippen LogP contribution in [0.15, 0.2) is 47.1 Å². The number of hydrogen-bond donors (Lipinski definition) is 2. The summed E-state index contributed by atoms with van der Waals surface area (Å²) in [5.41, 5.74) is 2.27. The van der Waals surface area contributed by atoms with Crippen molar-refractivity contribution in [1.29, 1.82) is 0 Å². The SMILES string of the molecule is Cl.O=C(Nc1noc2ncccc12)c1ccc(CC2CCNC2)cc1. The van der Waals surface area contributed by atoms with Crippen molar-refractivity contribution < 1.29 is 9.32 Å². The molecule has 1 aromatic carbocycles. The van der Waals surface area contributed by atoms with E-state index in [0.29, 0.717) is 28.4 Å². The van der Waals surface area contributed by atoms with Gasteiger partial charge in [-0.15, -0.1) is 12.4 Å². The predicted octanol–water partition coefficient (Wildman–Crippen LogP) is 3.05. The summed E-state index contributed by atoms with van der Waals surface area (Å²) in [7, 11) is 0. The Kier molecular flexibility index (Phi) is 5.31. The maximum Gasteiger partial charge on any atom is 0.259 e. The van der Waals surface area contributed by atoms with Gasteiger partial charge in [0.2, 0.25) is 0 Å². The number of carbonyl (C=O) groups excluding carboxylic acids is 1. The van der Waals surface area contributed by atoms with Crippen LogP contribution in [0.2, 0.25) is 0 Å². The van der Waals surface area contributed by atoms with Crippen LogP contribution in [0.25, 0.3) is 11.1 Å². The predicted molar refractivity (Wildman–Crippen MR) is 98.1 cm³/mol. The van der Waals surface area contributed by atoms with Crippen molar-refractivity contribution in [2.45, 2.75) is 12.8 Å². The normalized spacial score (nSPS) is 16.6. The fraction of sp³-hybridized carbons (Fsp3) is 0.278.